The molecule has 21 heavy (non-hydrogen) atoms. The molecule has 2 rings (SSSR count). The Hall–Kier alpha value is -1.49. The molecule has 1 fully saturated rings. The minimum absolute atomic E-state index is 0.0985. The third-order valence-corrected chi connectivity index (χ3v) is 4.64. The van der Waals surface area contributed by atoms with Crippen molar-refractivity contribution in [1.82, 2.24) is 10.2 Å². The highest BCUT2D eigenvalue weighted by Crippen LogP contribution is 2.17. The first-order valence-electron chi connectivity index (χ1n) is 7.48. The number of carbonyl (C=O) groups is 1. The van der Waals surface area contributed by atoms with E-state index < -0.39 is 0 Å². The first kappa shape index (κ1) is 15.9. The van der Waals surface area contributed by atoms with Crippen molar-refractivity contribution in [1.29, 1.82) is 0 Å². The summed E-state index contributed by atoms with van der Waals surface area (Å²) in [5.74, 6) is 1.11. The van der Waals surface area contributed by atoms with Crippen LogP contribution in [-0.4, -0.2) is 47.4 Å². The van der Waals surface area contributed by atoms with E-state index in [1.54, 1.807) is 11.8 Å². The Morgan fingerprint density at radius 3 is 2.71 bits per heavy atom. The maximum atomic E-state index is 11.9. The maximum Gasteiger partial charge on any atom is 0.244 e. The van der Waals surface area contributed by atoms with Crippen LogP contribution >= 0.6 is 11.8 Å². The lowest BCUT2D eigenvalue weighted by molar-refractivity contribution is -0.129. The van der Waals surface area contributed by atoms with E-state index in [4.69, 9.17) is 0 Å². The fraction of sp³-hybridized carbons (Fsp3) is 0.500. The number of thioether (sulfide) groups is 1. The lowest BCUT2D eigenvalue weighted by atomic mass is 10.1. The average molecular weight is 305 g/mol. The van der Waals surface area contributed by atoms with Gasteiger partial charge in [-0.15, -0.1) is 0 Å². The van der Waals surface area contributed by atoms with Gasteiger partial charge in [-0.2, -0.15) is 0 Å². The van der Waals surface area contributed by atoms with Crippen LogP contribution in [0, 0.1) is 0 Å². The Kier molecular flexibility index (Phi) is 6.11. The summed E-state index contributed by atoms with van der Waals surface area (Å²) in [6, 6.07) is 10.9. The molecule has 1 aliphatic rings. The van der Waals surface area contributed by atoms with Gasteiger partial charge in [0.15, 0.2) is 5.17 Å². The first-order chi connectivity index (χ1) is 10.2. The number of carbonyl (C=O) groups excluding carboxylic acids is 1. The van der Waals surface area contributed by atoms with Gasteiger partial charge in [0.2, 0.25) is 5.91 Å². The number of likely N-dealkylation sites (N-methyl/N-ethyl adjacent to an activating group) is 1. The van der Waals surface area contributed by atoms with Crippen LogP contribution in [0.1, 0.15) is 19.4 Å². The summed E-state index contributed by atoms with van der Waals surface area (Å²) in [6.45, 7) is 5.73. The molecule has 0 aromatic heterocycles. The molecule has 0 radical (unpaired) electrons. The predicted molar refractivity (Wildman–Crippen MR) is 89.8 cm³/mol. The van der Waals surface area contributed by atoms with E-state index in [-0.39, 0.29) is 12.5 Å². The molecule has 1 unspecified atom stereocenters. The highest BCUT2D eigenvalue weighted by Gasteiger charge is 2.20. The first-order valence-corrected chi connectivity index (χ1v) is 8.47. The highest BCUT2D eigenvalue weighted by atomic mass is 32.2. The number of amides is 1. The van der Waals surface area contributed by atoms with Crippen LogP contribution in [-0.2, 0) is 11.2 Å². The van der Waals surface area contributed by atoms with Crippen molar-refractivity contribution >= 4 is 22.8 Å². The van der Waals surface area contributed by atoms with Gasteiger partial charge in [-0.05, 0) is 25.8 Å². The van der Waals surface area contributed by atoms with Crippen LogP contribution < -0.4 is 5.32 Å². The molecule has 1 heterocycles. The summed E-state index contributed by atoms with van der Waals surface area (Å²) in [6.07, 6.45) is 0.997. The second-order valence-corrected chi connectivity index (χ2v) is 6.04. The molecular formula is C16H23N3OS. The van der Waals surface area contributed by atoms with Crippen LogP contribution in [0.15, 0.2) is 35.3 Å². The van der Waals surface area contributed by atoms with Crippen LogP contribution in [0.25, 0.3) is 0 Å². The topological polar surface area (TPSA) is 44.7 Å². The average Bonchev–Trinajstić information content (AvgIpc) is 2.95. The van der Waals surface area contributed by atoms with E-state index in [2.05, 4.69) is 34.6 Å². The van der Waals surface area contributed by atoms with Crippen LogP contribution in [0.5, 0.6) is 0 Å². The largest absolute Gasteiger partial charge is 0.361 e. The van der Waals surface area contributed by atoms with Crippen molar-refractivity contribution in [2.24, 2.45) is 4.99 Å². The molecule has 0 spiro atoms. The Balaban J connectivity index is 1.82. The minimum Gasteiger partial charge on any atom is -0.361 e. The van der Waals surface area contributed by atoms with Crippen molar-refractivity contribution in [2.45, 2.75) is 26.3 Å². The third kappa shape index (κ3) is 4.77. The normalized spacial score (nSPS) is 19.5. The van der Waals surface area contributed by atoms with E-state index in [1.165, 1.54) is 5.56 Å². The molecule has 1 aromatic carbocycles. The van der Waals surface area contributed by atoms with Crippen molar-refractivity contribution in [3.8, 4) is 0 Å². The Morgan fingerprint density at radius 2 is 2.05 bits per heavy atom. The fourth-order valence-corrected chi connectivity index (χ4v) is 3.32. The van der Waals surface area contributed by atoms with Gasteiger partial charge in [-0.1, -0.05) is 42.1 Å². The third-order valence-electron chi connectivity index (χ3n) is 3.55. The standard InChI is InChI=1S/C16H23N3OS/c1-3-19(4-2)15(20)11-17-16-18-14(12-21-16)10-13-8-6-5-7-9-13/h5-9,14H,3-4,10-12H2,1-2H3,(H,17,18). The number of hydrogen-bond donors (Lipinski definition) is 1. The molecule has 4 nitrogen and oxygen atoms in total. The van der Waals surface area contributed by atoms with Gasteiger partial charge in [0.05, 0.1) is 0 Å². The number of amidine groups is 1. The number of rotatable bonds is 6. The van der Waals surface area contributed by atoms with Gasteiger partial charge in [0.25, 0.3) is 0 Å². The minimum atomic E-state index is 0.0985. The number of hydrogen-bond acceptors (Lipinski definition) is 3. The molecule has 1 aliphatic heterocycles. The molecule has 0 aliphatic carbocycles. The molecule has 1 aromatic rings. The summed E-state index contributed by atoms with van der Waals surface area (Å²) in [5.41, 5.74) is 1.33. The molecule has 0 saturated carbocycles. The molecule has 5 heteroatoms. The Bertz CT molecular complexity index is 486. The van der Waals surface area contributed by atoms with Crippen molar-refractivity contribution < 1.29 is 4.79 Å². The van der Waals surface area contributed by atoms with E-state index in [9.17, 15) is 4.79 Å². The van der Waals surface area contributed by atoms with Crippen molar-refractivity contribution in [3.63, 3.8) is 0 Å². The summed E-state index contributed by atoms with van der Waals surface area (Å²) >= 11 is 1.71. The van der Waals surface area contributed by atoms with Crippen molar-refractivity contribution in [2.75, 3.05) is 25.4 Å². The van der Waals surface area contributed by atoms with Gasteiger partial charge in [0, 0.05) is 24.9 Å². The summed E-state index contributed by atoms with van der Waals surface area (Å²) in [5, 5.41) is 4.31. The number of nitrogens with zero attached hydrogens (tertiary/aromatic N) is 2. The van der Waals surface area contributed by atoms with Crippen LogP contribution in [0.2, 0.25) is 0 Å². The highest BCUT2D eigenvalue weighted by molar-refractivity contribution is 8.14. The monoisotopic (exact) mass is 305 g/mol. The van der Waals surface area contributed by atoms with Gasteiger partial charge in [-0.25, -0.2) is 0 Å². The smallest absolute Gasteiger partial charge is 0.244 e. The second-order valence-electron chi connectivity index (χ2n) is 5.03. The molecule has 1 N–H and O–H groups in total. The fourth-order valence-electron chi connectivity index (χ4n) is 2.35. The van der Waals surface area contributed by atoms with E-state index >= 15 is 0 Å². The summed E-state index contributed by atoms with van der Waals surface area (Å²) in [7, 11) is 0. The summed E-state index contributed by atoms with van der Waals surface area (Å²) in [4.78, 5) is 18.1. The zero-order chi connectivity index (χ0) is 15.1. The molecule has 1 saturated heterocycles. The Morgan fingerprint density at radius 1 is 1.33 bits per heavy atom. The maximum absolute atomic E-state index is 11.9. The molecule has 114 valence electrons. The SMILES string of the molecule is CCN(CC)C(=O)CN=C1NC(Cc2ccccc2)CS1. The zero-order valence-electron chi connectivity index (χ0n) is 12.7. The quantitative estimate of drug-likeness (QED) is 0.876. The predicted octanol–water partition coefficient (Wildman–Crippen LogP) is 2.16. The van der Waals surface area contributed by atoms with Crippen molar-refractivity contribution in [3.05, 3.63) is 35.9 Å². The molecule has 1 amide bonds. The number of aliphatic imine (C=N–C) groups is 1. The zero-order valence-corrected chi connectivity index (χ0v) is 13.5. The van der Waals surface area contributed by atoms with E-state index in [0.29, 0.717) is 6.04 Å². The lowest BCUT2D eigenvalue weighted by Gasteiger charge is -2.17. The molecule has 1 atom stereocenters. The lowest BCUT2D eigenvalue weighted by Crippen LogP contribution is -2.33. The van der Waals surface area contributed by atoms with Gasteiger partial charge in [-0.3, -0.25) is 9.79 Å². The molecule has 0 bridgehead atoms. The second kappa shape index (κ2) is 8.08. The van der Waals surface area contributed by atoms with Gasteiger partial charge < -0.3 is 10.2 Å². The van der Waals surface area contributed by atoms with Crippen LogP contribution in [0.3, 0.4) is 0 Å². The molecular weight excluding hydrogens is 282 g/mol. The van der Waals surface area contributed by atoms with Crippen LogP contribution in [0.4, 0.5) is 0 Å². The summed E-state index contributed by atoms with van der Waals surface area (Å²) < 4.78 is 0. The van der Waals surface area contributed by atoms with Gasteiger partial charge >= 0.3 is 0 Å². The number of benzene rings is 1. The van der Waals surface area contributed by atoms with E-state index in [1.807, 2.05) is 24.8 Å². The number of nitrogens with one attached hydrogen (secondary N) is 1. The van der Waals surface area contributed by atoms with E-state index in [0.717, 1.165) is 30.4 Å². The Labute approximate surface area is 131 Å². The van der Waals surface area contributed by atoms with Gasteiger partial charge in [0.1, 0.15) is 6.54 Å².